The summed E-state index contributed by atoms with van der Waals surface area (Å²) < 4.78 is 10.1. The summed E-state index contributed by atoms with van der Waals surface area (Å²) in [4.78, 5) is 13.7. The average Bonchev–Trinajstić information content (AvgIpc) is 2.66. The van der Waals surface area contributed by atoms with E-state index in [1.807, 2.05) is 4.90 Å². The summed E-state index contributed by atoms with van der Waals surface area (Å²) in [6.07, 6.45) is 1.00. The summed E-state index contributed by atoms with van der Waals surface area (Å²) in [7, 11) is 1.61. The van der Waals surface area contributed by atoms with Gasteiger partial charge in [-0.15, -0.1) is 0 Å². The standard InChI is InChI=1S/C11H22N2O3/c1-9-5-10(6-12)7-13(9)11(14)8-16-4-3-15-2/h9-10H,3-8,12H2,1-2H3. The van der Waals surface area contributed by atoms with Gasteiger partial charge in [0.05, 0.1) is 13.2 Å². The van der Waals surface area contributed by atoms with E-state index in [4.69, 9.17) is 15.2 Å². The van der Waals surface area contributed by atoms with E-state index < -0.39 is 0 Å². The van der Waals surface area contributed by atoms with E-state index in [9.17, 15) is 4.79 Å². The lowest BCUT2D eigenvalue weighted by Gasteiger charge is -2.21. The molecule has 5 heteroatoms. The summed E-state index contributed by atoms with van der Waals surface area (Å²) in [5.74, 6) is 0.498. The van der Waals surface area contributed by atoms with Gasteiger partial charge in [-0.3, -0.25) is 4.79 Å². The van der Waals surface area contributed by atoms with Gasteiger partial charge >= 0.3 is 0 Å². The van der Waals surface area contributed by atoms with Crippen LogP contribution in [0.2, 0.25) is 0 Å². The van der Waals surface area contributed by atoms with Crippen molar-refractivity contribution in [3.63, 3.8) is 0 Å². The molecule has 1 fully saturated rings. The second-order valence-corrected chi connectivity index (χ2v) is 4.28. The zero-order valence-electron chi connectivity index (χ0n) is 10.1. The molecule has 0 spiro atoms. The van der Waals surface area contributed by atoms with Crippen LogP contribution in [-0.2, 0) is 14.3 Å². The molecule has 16 heavy (non-hydrogen) atoms. The van der Waals surface area contributed by atoms with E-state index in [-0.39, 0.29) is 18.6 Å². The minimum Gasteiger partial charge on any atom is -0.382 e. The molecule has 1 amide bonds. The van der Waals surface area contributed by atoms with Crippen LogP contribution in [0.15, 0.2) is 0 Å². The Balaban J connectivity index is 2.25. The quantitative estimate of drug-likeness (QED) is 0.644. The molecule has 0 bridgehead atoms. The molecule has 0 aromatic rings. The average molecular weight is 230 g/mol. The van der Waals surface area contributed by atoms with Gasteiger partial charge in [0.2, 0.25) is 5.91 Å². The number of hydrogen-bond donors (Lipinski definition) is 1. The molecule has 0 aromatic heterocycles. The fourth-order valence-electron chi connectivity index (χ4n) is 2.05. The summed E-state index contributed by atoms with van der Waals surface area (Å²) in [6, 6.07) is 0.284. The molecule has 2 N–H and O–H groups in total. The van der Waals surface area contributed by atoms with Crippen LogP contribution < -0.4 is 5.73 Å². The van der Waals surface area contributed by atoms with Gasteiger partial charge in [-0.05, 0) is 25.8 Å². The molecule has 1 heterocycles. The first-order chi connectivity index (χ1) is 7.69. The van der Waals surface area contributed by atoms with Gasteiger partial charge in [-0.25, -0.2) is 0 Å². The summed E-state index contributed by atoms with van der Waals surface area (Å²) in [5.41, 5.74) is 5.61. The van der Waals surface area contributed by atoms with Crippen molar-refractivity contribution >= 4 is 5.91 Å². The molecule has 1 aliphatic heterocycles. The molecule has 0 saturated carbocycles. The van der Waals surface area contributed by atoms with E-state index in [0.717, 1.165) is 13.0 Å². The molecule has 2 atom stereocenters. The van der Waals surface area contributed by atoms with Crippen LogP contribution in [0, 0.1) is 5.92 Å². The Labute approximate surface area is 96.9 Å². The Bertz CT molecular complexity index is 223. The van der Waals surface area contributed by atoms with Crippen molar-refractivity contribution in [3.8, 4) is 0 Å². The molecule has 0 aliphatic carbocycles. The minimum atomic E-state index is 0.0551. The number of carbonyl (C=O) groups excluding carboxylic acids is 1. The van der Waals surface area contributed by atoms with Gasteiger partial charge in [-0.1, -0.05) is 0 Å². The van der Waals surface area contributed by atoms with Crippen LogP contribution in [0.4, 0.5) is 0 Å². The maximum atomic E-state index is 11.8. The predicted molar refractivity (Wildman–Crippen MR) is 61.0 cm³/mol. The monoisotopic (exact) mass is 230 g/mol. The van der Waals surface area contributed by atoms with Crippen LogP contribution in [0.3, 0.4) is 0 Å². The van der Waals surface area contributed by atoms with E-state index >= 15 is 0 Å². The Morgan fingerprint density at radius 3 is 2.81 bits per heavy atom. The molecule has 1 rings (SSSR count). The largest absolute Gasteiger partial charge is 0.382 e. The lowest BCUT2D eigenvalue weighted by atomic mass is 10.1. The minimum absolute atomic E-state index is 0.0551. The maximum absolute atomic E-state index is 11.8. The van der Waals surface area contributed by atoms with Crippen molar-refractivity contribution in [1.82, 2.24) is 4.90 Å². The van der Waals surface area contributed by atoms with Crippen LogP contribution in [0.5, 0.6) is 0 Å². The second-order valence-electron chi connectivity index (χ2n) is 4.28. The highest BCUT2D eigenvalue weighted by Gasteiger charge is 2.31. The zero-order chi connectivity index (χ0) is 12.0. The first-order valence-corrected chi connectivity index (χ1v) is 5.75. The molecule has 5 nitrogen and oxygen atoms in total. The van der Waals surface area contributed by atoms with Crippen LogP contribution in [0.25, 0.3) is 0 Å². The molecule has 1 aliphatic rings. The Hall–Kier alpha value is -0.650. The van der Waals surface area contributed by atoms with Crippen molar-refractivity contribution in [2.24, 2.45) is 11.7 Å². The van der Waals surface area contributed by atoms with Gasteiger partial charge in [0.25, 0.3) is 0 Å². The van der Waals surface area contributed by atoms with Crippen LogP contribution >= 0.6 is 0 Å². The molecule has 94 valence electrons. The number of hydrogen-bond acceptors (Lipinski definition) is 4. The molecule has 1 saturated heterocycles. The van der Waals surface area contributed by atoms with Crippen LogP contribution in [0.1, 0.15) is 13.3 Å². The van der Waals surface area contributed by atoms with E-state index in [1.165, 1.54) is 0 Å². The predicted octanol–water partition coefficient (Wildman–Crippen LogP) is -0.155. The van der Waals surface area contributed by atoms with Crippen molar-refractivity contribution in [3.05, 3.63) is 0 Å². The summed E-state index contributed by atoms with van der Waals surface area (Å²) >= 11 is 0. The number of nitrogens with two attached hydrogens (primary N) is 1. The first kappa shape index (κ1) is 13.4. The van der Waals surface area contributed by atoms with Gasteiger partial charge in [-0.2, -0.15) is 0 Å². The third kappa shape index (κ3) is 3.73. The number of ether oxygens (including phenoxy) is 2. The summed E-state index contributed by atoms with van der Waals surface area (Å²) in [6.45, 7) is 4.61. The van der Waals surface area contributed by atoms with Gasteiger partial charge in [0.15, 0.2) is 0 Å². The Morgan fingerprint density at radius 2 is 2.25 bits per heavy atom. The first-order valence-electron chi connectivity index (χ1n) is 5.75. The van der Waals surface area contributed by atoms with Gasteiger partial charge < -0.3 is 20.1 Å². The van der Waals surface area contributed by atoms with Gasteiger partial charge in [0.1, 0.15) is 6.61 Å². The van der Waals surface area contributed by atoms with Crippen molar-refractivity contribution in [2.75, 3.05) is 40.0 Å². The number of rotatable bonds is 6. The molecule has 0 radical (unpaired) electrons. The van der Waals surface area contributed by atoms with E-state index in [1.54, 1.807) is 7.11 Å². The molecule has 2 unspecified atom stereocenters. The molecular formula is C11H22N2O3. The smallest absolute Gasteiger partial charge is 0.248 e. The third-order valence-corrected chi connectivity index (χ3v) is 2.97. The fraction of sp³-hybridized carbons (Fsp3) is 0.909. The number of carbonyl (C=O) groups is 1. The SMILES string of the molecule is COCCOCC(=O)N1CC(CN)CC1C. The lowest BCUT2D eigenvalue weighted by molar-refractivity contribution is -0.137. The highest BCUT2D eigenvalue weighted by Crippen LogP contribution is 2.21. The second kappa shape index (κ2) is 6.83. The van der Waals surface area contributed by atoms with Crippen molar-refractivity contribution in [1.29, 1.82) is 0 Å². The fourth-order valence-corrected chi connectivity index (χ4v) is 2.05. The third-order valence-electron chi connectivity index (χ3n) is 2.97. The highest BCUT2D eigenvalue weighted by molar-refractivity contribution is 5.78. The molecular weight excluding hydrogens is 208 g/mol. The number of amides is 1. The number of methoxy groups -OCH3 is 1. The normalized spacial score (nSPS) is 25.1. The lowest BCUT2D eigenvalue weighted by Crippen LogP contribution is -2.37. The maximum Gasteiger partial charge on any atom is 0.248 e. The van der Waals surface area contributed by atoms with Crippen molar-refractivity contribution < 1.29 is 14.3 Å². The van der Waals surface area contributed by atoms with Gasteiger partial charge in [0, 0.05) is 19.7 Å². The van der Waals surface area contributed by atoms with E-state index in [0.29, 0.717) is 25.7 Å². The van der Waals surface area contributed by atoms with E-state index in [2.05, 4.69) is 6.92 Å². The Morgan fingerprint density at radius 1 is 1.50 bits per heavy atom. The number of nitrogens with zero attached hydrogens (tertiary/aromatic N) is 1. The highest BCUT2D eigenvalue weighted by atomic mass is 16.5. The summed E-state index contributed by atoms with van der Waals surface area (Å²) in [5, 5.41) is 0. The van der Waals surface area contributed by atoms with Crippen molar-refractivity contribution in [2.45, 2.75) is 19.4 Å². The van der Waals surface area contributed by atoms with Crippen LogP contribution in [-0.4, -0.2) is 56.9 Å². The Kier molecular flexibility index (Phi) is 5.73. The topological polar surface area (TPSA) is 64.8 Å². The number of likely N-dealkylation sites (tertiary alicyclic amines) is 1. The molecule has 0 aromatic carbocycles. The zero-order valence-corrected chi connectivity index (χ0v) is 10.1.